The maximum Gasteiger partial charge on any atom is 0.542 e. The fraction of sp³-hybridized carbons (Fsp3) is 0.571. The summed E-state index contributed by atoms with van der Waals surface area (Å²) in [5.41, 5.74) is 4.95. The zero-order chi connectivity index (χ0) is 11.3. The molecule has 0 aromatic carbocycles. The smallest absolute Gasteiger partial charge is 0.376 e. The fourth-order valence-electron chi connectivity index (χ4n) is 0.990. The average Bonchev–Trinajstić information content (AvgIpc) is 2.58. The second-order valence-electron chi connectivity index (χ2n) is 2.78. The Morgan fingerprint density at radius 2 is 2.33 bits per heavy atom. The molecular weight excluding hydrogens is 206 g/mol. The van der Waals surface area contributed by atoms with Crippen LogP contribution in [0.3, 0.4) is 0 Å². The van der Waals surface area contributed by atoms with Gasteiger partial charge in [-0.15, -0.1) is 0 Å². The highest BCUT2D eigenvalue weighted by Crippen LogP contribution is 1.98. The molecule has 1 aromatic heterocycles. The third-order valence-corrected chi connectivity index (χ3v) is 1.72. The number of aromatic nitrogens is 1. The van der Waals surface area contributed by atoms with Gasteiger partial charge in [0.25, 0.3) is 0 Å². The Labute approximate surface area is 84.2 Å². The zero-order valence-corrected chi connectivity index (χ0v) is 7.88. The van der Waals surface area contributed by atoms with Crippen LogP contribution in [0.5, 0.6) is 0 Å². The molecule has 8 heteroatoms. The van der Waals surface area contributed by atoms with Gasteiger partial charge in [0, 0.05) is 13.0 Å². The van der Waals surface area contributed by atoms with E-state index in [2.05, 4.69) is 14.1 Å². The Morgan fingerprint density at radius 3 is 2.80 bits per heavy atom. The van der Waals surface area contributed by atoms with Crippen LogP contribution in [0, 0.1) is 0 Å². The second kappa shape index (κ2) is 5.15. The highest BCUT2D eigenvalue weighted by atomic mass is 16.6. The standard InChI is InChI=1S/C7H11N3O5/c8-6(12)10(4-11)3-1-2-5-9-15-7(13)14-5/h11H,1-4H2,(H2,8,12). The molecule has 3 N–H and O–H groups in total. The number of amides is 2. The molecule has 1 rings (SSSR count). The lowest BCUT2D eigenvalue weighted by Gasteiger charge is -2.15. The quantitative estimate of drug-likeness (QED) is 0.603. The van der Waals surface area contributed by atoms with Gasteiger partial charge >= 0.3 is 11.9 Å². The molecule has 0 aliphatic rings. The van der Waals surface area contributed by atoms with Gasteiger partial charge in [-0.25, -0.2) is 9.59 Å². The topological polar surface area (TPSA) is 123 Å². The molecule has 0 spiro atoms. The zero-order valence-electron chi connectivity index (χ0n) is 7.88. The van der Waals surface area contributed by atoms with Crippen LogP contribution in [-0.2, 0) is 6.42 Å². The summed E-state index contributed by atoms with van der Waals surface area (Å²) in [6.45, 7) is -0.194. The van der Waals surface area contributed by atoms with Crippen molar-refractivity contribution in [3.05, 3.63) is 16.5 Å². The van der Waals surface area contributed by atoms with Gasteiger partial charge in [0.15, 0.2) is 0 Å². The van der Waals surface area contributed by atoms with Crippen LogP contribution in [0.25, 0.3) is 0 Å². The van der Waals surface area contributed by atoms with E-state index in [1.807, 2.05) is 0 Å². The van der Waals surface area contributed by atoms with Crippen molar-refractivity contribution < 1.29 is 18.8 Å². The maximum atomic E-state index is 10.7. The van der Waals surface area contributed by atoms with Crippen LogP contribution < -0.4 is 11.6 Å². The van der Waals surface area contributed by atoms with Crippen molar-refractivity contribution in [2.45, 2.75) is 12.8 Å². The van der Waals surface area contributed by atoms with E-state index >= 15 is 0 Å². The summed E-state index contributed by atoms with van der Waals surface area (Å²) in [5.74, 6) is -0.707. The summed E-state index contributed by atoms with van der Waals surface area (Å²) >= 11 is 0. The van der Waals surface area contributed by atoms with Crippen LogP contribution in [0.2, 0.25) is 0 Å². The summed E-state index contributed by atoms with van der Waals surface area (Å²) < 4.78 is 8.70. The molecule has 0 aliphatic carbocycles. The van der Waals surface area contributed by atoms with Crippen molar-refractivity contribution in [3.8, 4) is 0 Å². The summed E-state index contributed by atoms with van der Waals surface area (Å²) in [6, 6.07) is -0.709. The van der Waals surface area contributed by atoms with Gasteiger partial charge in [-0.1, -0.05) is 0 Å². The summed E-state index contributed by atoms with van der Waals surface area (Å²) in [6.07, 6.45) is 0.786. The van der Waals surface area contributed by atoms with E-state index in [-0.39, 0.29) is 12.4 Å². The molecule has 84 valence electrons. The van der Waals surface area contributed by atoms with Gasteiger partial charge in [0.05, 0.1) is 0 Å². The van der Waals surface area contributed by atoms with Crippen molar-refractivity contribution >= 4 is 6.03 Å². The molecule has 0 radical (unpaired) electrons. The Balaban J connectivity index is 2.32. The van der Waals surface area contributed by atoms with Crippen molar-refractivity contribution in [1.82, 2.24) is 10.1 Å². The monoisotopic (exact) mass is 217 g/mol. The van der Waals surface area contributed by atoms with Crippen molar-refractivity contribution in [2.24, 2.45) is 5.73 Å². The van der Waals surface area contributed by atoms with Gasteiger partial charge in [-0.2, -0.15) is 0 Å². The minimum Gasteiger partial charge on any atom is -0.376 e. The molecule has 0 bridgehead atoms. The lowest BCUT2D eigenvalue weighted by atomic mass is 10.3. The first-order valence-corrected chi connectivity index (χ1v) is 4.24. The predicted octanol–water partition coefficient (Wildman–Crippen LogP) is -1.11. The fourth-order valence-corrected chi connectivity index (χ4v) is 0.990. The number of nitrogens with zero attached hydrogens (tertiary/aromatic N) is 2. The van der Waals surface area contributed by atoms with Gasteiger partial charge in [0.1, 0.15) is 6.73 Å². The number of primary amides is 1. The molecule has 1 heterocycles. The van der Waals surface area contributed by atoms with Crippen LogP contribution in [-0.4, -0.2) is 34.5 Å². The number of aliphatic hydroxyl groups is 1. The SMILES string of the molecule is NC(=O)N(CO)CCCc1noc(=O)o1. The molecule has 0 atom stereocenters. The molecule has 15 heavy (non-hydrogen) atoms. The third kappa shape index (κ3) is 3.43. The Bertz CT molecular complexity index is 371. The number of carbonyl (C=O) groups excluding carboxylic acids is 1. The lowest BCUT2D eigenvalue weighted by molar-refractivity contribution is 0.127. The number of hydrogen-bond donors (Lipinski definition) is 2. The van der Waals surface area contributed by atoms with Gasteiger partial charge in [-0.05, 0) is 11.6 Å². The van der Waals surface area contributed by atoms with Crippen LogP contribution in [0.1, 0.15) is 12.3 Å². The Kier molecular flexibility index (Phi) is 3.86. The van der Waals surface area contributed by atoms with E-state index in [1.54, 1.807) is 0 Å². The Hall–Kier alpha value is -1.83. The number of aliphatic hydroxyl groups excluding tert-OH is 1. The minimum atomic E-state index is -0.862. The molecule has 0 saturated heterocycles. The average molecular weight is 217 g/mol. The number of aryl methyl sites for hydroxylation is 1. The van der Waals surface area contributed by atoms with Gasteiger partial charge in [0.2, 0.25) is 5.89 Å². The number of urea groups is 1. The van der Waals surface area contributed by atoms with Crippen LogP contribution in [0.4, 0.5) is 4.79 Å². The first kappa shape index (κ1) is 11.2. The molecule has 0 unspecified atom stereocenters. The highest BCUT2D eigenvalue weighted by molar-refractivity contribution is 5.71. The van der Waals surface area contributed by atoms with E-state index in [0.717, 1.165) is 4.90 Å². The van der Waals surface area contributed by atoms with E-state index in [0.29, 0.717) is 12.8 Å². The molecule has 2 amide bonds. The molecule has 1 aromatic rings. The van der Waals surface area contributed by atoms with Gasteiger partial charge in [-0.3, -0.25) is 4.52 Å². The largest absolute Gasteiger partial charge is 0.542 e. The molecule has 8 nitrogen and oxygen atoms in total. The summed E-state index contributed by atoms with van der Waals surface area (Å²) in [5, 5.41) is 12.0. The number of nitrogens with two attached hydrogens (primary N) is 1. The van der Waals surface area contributed by atoms with Crippen LogP contribution >= 0.6 is 0 Å². The van der Waals surface area contributed by atoms with E-state index < -0.39 is 18.6 Å². The molecule has 0 fully saturated rings. The van der Waals surface area contributed by atoms with Gasteiger partial charge < -0.3 is 20.2 Å². The maximum absolute atomic E-state index is 10.7. The Morgan fingerprint density at radius 1 is 1.60 bits per heavy atom. The molecule has 0 saturated carbocycles. The number of hydrogen-bond acceptors (Lipinski definition) is 6. The van der Waals surface area contributed by atoms with Crippen LogP contribution in [0.15, 0.2) is 13.7 Å². The summed E-state index contributed by atoms with van der Waals surface area (Å²) in [7, 11) is 0. The first-order valence-electron chi connectivity index (χ1n) is 4.24. The first-order chi connectivity index (χ1) is 7.13. The number of carbonyl (C=O) groups is 1. The number of rotatable bonds is 5. The molecule has 0 aliphatic heterocycles. The normalized spacial score (nSPS) is 10.2. The van der Waals surface area contributed by atoms with E-state index in [1.165, 1.54) is 0 Å². The predicted molar refractivity (Wildman–Crippen MR) is 46.7 cm³/mol. The minimum absolute atomic E-state index is 0.155. The lowest BCUT2D eigenvalue weighted by Crippen LogP contribution is -2.37. The van der Waals surface area contributed by atoms with E-state index in [4.69, 9.17) is 10.8 Å². The van der Waals surface area contributed by atoms with Crippen molar-refractivity contribution in [2.75, 3.05) is 13.3 Å². The van der Waals surface area contributed by atoms with Crippen molar-refractivity contribution in [1.29, 1.82) is 0 Å². The summed E-state index contributed by atoms with van der Waals surface area (Å²) in [4.78, 5) is 22.1. The molecular formula is C7H11N3O5. The van der Waals surface area contributed by atoms with E-state index in [9.17, 15) is 9.59 Å². The van der Waals surface area contributed by atoms with Crippen molar-refractivity contribution in [3.63, 3.8) is 0 Å². The third-order valence-electron chi connectivity index (χ3n) is 1.72. The highest BCUT2D eigenvalue weighted by Gasteiger charge is 2.09. The second-order valence-corrected chi connectivity index (χ2v) is 2.78.